The van der Waals surface area contributed by atoms with Crippen molar-refractivity contribution in [3.63, 3.8) is 0 Å². The highest BCUT2D eigenvalue weighted by atomic mass is 35.5. The van der Waals surface area contributed by atoms with Crippen molar-refractivity contribution < 1.29 is 19.1 Å². The number of thioether (sulfide) groups is 1. The van der Waals surface area contributed by atoms with Gasteiger partial charge in [0.15, 0.2) is 10.1 Å². The van der Waals surface area contributed by atoms with Gasteiger partial charge in [-0.1, -0.05) is 71.1 Å². The lowest BCUT2D eigenvalue weighted by atomic mass is 9.95. The first-order valence-electron chi connectivity index (χ1n) is 11.0. The SMILES string of the molecule is Cc1nc(C)c(C(=O)C2=C(O)C(=O)N(c3nnc(SCc4ccccc4Cl)s3)C2c2ccccc2F)s1. The number of aliphatic hydroxyl groups excluding tert-OH is 1. The van der Waals surface area contributed by atoms with Crippen LogP contribution in [0.1, 0.15) is 37.5 Å². The van der Waals surface area contributed by atoms with Crippen LogP contribution >= 0.6 is 46.0 Å². The average Bonchev–Trinajstić information content (AvgIpc) is 3.54. The van der Waals surface area contributed by atoms with Gasteiger partial charge in [-0.15, -0.1) is 21.5 Å². The second-order valence-corrected chi connectivity index (χ2v) is 11.9. The van der Waals surface area contributed by atoms with Crippen molar-refractivity contribution in [2.24, 2.45) is 0 Å². The number of carbonyl (C=O) groups excluding carboxylic acids is 2. The first kappa shape index (κ1) is 25.5. The Labute approximate surface area is 228 Å². The zero-order valence-corrected chi connectivity index (χ0v) is 22.6. The lowest BCUT2D eigenvalue weighted by Gasteiger charge is -2.24. The minimum atomic E-state index is -1.22. The molecule has 1 amide bonds. The number of ketones is 1. The zero-order chi connectivity index (χ0) is 26.3. The number of thiazole rings is 1. The third kappa shape index (κ3) is 4.79. The molecule has 5 rings (SSSR count). The molecule has 0 aliphatic carbocycles. The van der Waals surface area contributed by atoms with E-state index in [0.29, 0.717) is 25.8 Å². The number of hydrogen-bond donors (Lipinski definition) is 1. The number of anilines is 1. The lowest BCUT2D eigenvalue weighted by Crippen LogP contribution is -2.31. The molecule has 12 heteroatoms. The smallest absolute Gasteiger partial charge is 0.296 e. The first-order valence-corrected chi connectivity index (χ1v) is 14.0. The largest absolute Gasteiger partial charge is 0.503 e. The summed E-state index contributed by atoms with van der Waals surface area (Å²) in [5, 5.41) is 20.6. The molecule has 1 N–H and O–H groups in total. The van der Waals surface area contributed by atoms with Crippen LogP contribution in [0, 0.1) is 19.7 Å². The molecule has 0 saturated carbocycles. The summed E-state index contributed by atoms with van der Waals surface area (Å²) >= 11 is 9.87. The van der Waals surface area contributed by atoms with Crippen LogP contribution in [0.3, 0.4) is 0 Å². The molecule has 1 aliphatic heterocycles. The quantitative estimate of drug-likeness (QED) is 0.154. The van der Waals surface area contributed by atoms with Crippen molar-refractivity contribution in [3.05, 3.63) is 97.4 Å². The van der Waals surface area contributed by atoms with E-state index in [0.717, 1.165) is 33.1 Å². The van der Waals surface area contributed by atoms with E-state index in [1.54, 1.807) is 26.0 Å². The zero-order valence-electron chi connectivity index (χ0n) is 19.4. The highest BCUT2D eigenvalue weighted by Gasteiger charge is 2.47. The number of Topliss-reactive ketones (excluding diaryl/α,β-unsaturated/α-hetero) is 1. The number of rotatable bonds is 7. The van der Waals surface area contributed by atoms with E-state index in [-0.39, 0.29) is 21.1 Å². The summed E-state index contributed by atoms with van der Waals surface area (Å²) in [5.74, 6) is -2.28. The molecule has 0 spiro atoms. The van der Waals surface area contributed by atoms with E-state index < -0.39 is 29.3 Å². The Hall–Kier alpha value is -3.12. The first-order chi connectivity index (χ1) is 17.8. The topological polar surface area (TPSA) is 96.3 Å². The summed E-state index contributed by atoms with van der Waals surface area (Å²) in [6.45, 7) is 3.43. The predicted octanol–water partition coefficient (Wildman–Crippen LogP) is 6.48. The number of aliphatic hydroxyl groups is 1. The number of amides is 1. The summed E-state index contributed by atoms with van der Waals surface area (Å²) in [7, 11) is 0. The highest BCUT2D eigenvalue weighted by molar-refractivity contribution is 8.00. The number of aryl methyl sites for hydroxylation is 2. The summed E-state index contributed by atoms with van der Waals surface area (Å²) < 4.78 is 15.6. The van der Waals surface area contributed by atoms with E-state index in [2.05, 4.69) is 15.2 Å². The van der Waals surface area contributed by atoms with Crippen molar-refractivity contribution in [1.82, 2.24) is 15.2 Å². The fourth-order valence-electron chi connectivity index (χ4n) is 4.00. The van der Waals surface area contributed by atoms with Gasteiger partial charge in [-0.05, 0) is 31.5 Å². The number of nitrogens with zero attached hydrogens (tertiary/aromatic N) is 4. The van der Waals surface area contributed by atoms with Gasteiger partial charge in [-0.25, -0.2) is 9.37 Å². The molecule has 1 unspecified atom stereocenters. The monoisotopic (exact) mass is 572 g/mol. The van der Waals surface area contributed by atoms with Crippen LogP contribution in [0.5, 0.6) is 0 Å². The molecule has 2 aromatic carbocycles. The fraction of sp³-hybridized carbons (Fsp3) is 0.160. The van der Waals surface area contributed by atoms with E-state index >= 15 is 4.39 Å². The Kier molecular flexibility index (Phi) is 7.13. The number of carbonyl (C=O) groups is 2. The van der Waals surface area contributed by atoms with Gasteiger partial charge in [0.2, 0.25) is 10.9 Å². The van der Waals surface area contributed by atoms with Crippen molar-refractivity contribution >= 4 is 62.9 Å². The lowest BCUT2D eigenvalue weighted by molar-refractivity contribution is -0.117. The van der Waals surface area contributed by atoms with Gasteiger partial charge in [0.1, 0.15) is 11.9 Å². The number of halogens is 2. The number of hydrogen-bond acceptors (Lipinski definition) is 9. The molecule has 0 fully saturated rings. The second kappa shape index (κ2) is 10.3. The van der Waals surface area contributed by atoms with Gasteiger partial charge < -0.3 is 5.11 Å². The Morgan fingerprint density at radius 3 is 2.57 bits per heavy atom. The van der Waals surface area contributed by atoms with Crippen LogP contribution in [0.2, 0.25) is 5.02 Å². The van der Waals surface area contributed by atoms with E-state index in [1.807, 2.05) is 18.2 Å². The fourth-order valence-corrected chi connectivity index (χ4v) is 7.03. The molecular formula is C25H18ClFN4O3S3. The molecule has 0 saturated heterocycles. The molecule has 0 radical (unpaired) electrons. The molecule has 7 nitrogen and oxygen atoms in total. The van der Waals surface area contributed by atoms with E-state index in [1.165, 1.54) is 30.0 Å². The molecule has 188 valence electrons. The van der Waals surface area contributed by atoms with Crippen LogP contribution in [-0.2, 0) is 10.5 Å². The molecule has 2 aromatic heterocycles. The number of aromatic nitrogens is 3. The van der Waals surface area contributed by atoms with Crippen molar-refractivity contribution in [3.8, 4) is 0 Å². The summed E-state index contributed by atoms with van der Waals surface area (Å²) in [5.41, 5.74) is 1.22. The van der Waals surface area contributed by atoms with Gasteiger partial charge >= 0.3 is 0 Å². The molecule has 4 aromatic rings. The van der Waals surface area contributed by atoms with Gasteiger partial charge in [0.05, 0.1) is 21.2 Å². The Morgan fingerprint density at radius 1 is 1.14 bits per heavy atom. The van der Waals surface area contributed by atoms with Crippen LogP contribution in [0.25, 0.3) is 0 Å². The molecule has 0 bridgehead atoms. The molecule has 1 aliphatic rings. The maximum atomic E-state index is 15.0. The molecular weight excluding hydrogens is 555 g/mol. The van der Waals surface area contributed by atoms with Crippen LogP contribution < -0.4 is 4.90 Å². The van der Waals surface area contributed by atoms with Crippen LogP contribution in [-0.4, -0.2) is 32.0 Å². The molecule has 37 heavy (non-hydrogen) atoms. The summed E-state index contributed by atoms with van der Waals surface area (Å²) in [6, 6.07) is 12.0. The summed E-state index contributed by atoms with van der Waals surface area (Å²) in [6.07, 6.45) is 0. The summed E-state index contributed by atoms with van der Waals surface area (Å²) in [4.78, 5) is 32.6. The third-order valence-electron chi connectivity index (χ3n) is 5.67. The Bertz CT molecular complexity index is 1570. The van der Waals surface area contributed by atoms with Crippen LogP contribution in [0.15, 0.2) is 64.2 Å². The second-order valence-electron chi connectivity index (χ2n) is 8.07. The molecule has 3 heterocycles. The highest BCUT2D eigenvalue weighted by Crippen LogP contribution is 2.45. The molecule has 1 atom stereocenters. The maximum absolute atomic E-state index is 15.0. The van der Waals surface area contributed by atoms with Crippen molar-refractivity contribution in [1.29, 1.82) is 0 Å². The minimum absolute atomic E-state index is 0.0580. The van der Waals surface area contributed by atoms with Gasteiger partial charge in [-0.2, -0.15) is 0 Å². The normalized spacial score (nSPS) is 15.6. The van der Waals surface area contributed by atoms with Crippen molar-refractivity contribution in [2.75, 3.05) is 4.90 Å². The standard InChI is InChI=1S/C25H18ClFN4O3S3/c1-12-22(36-13(2)28-12)20(32)18-19(15-8-4-6-10-17(15)27)31(23(34)21(18)33)24-29-30-25(37-24)35-11-14-7-3-5-9-16(14)26/h3-10,19,33H,11H2,1-2H3. The van der Waals surface area contributed by atoms with E-state index in [9.17, 15) is 14.7 Å². The van der Waals surface area contributed by atoms with Crippen LogP contribution in [0.4, 0.5) is 9.52 Å². The van der Waals surface area contributed by atoms with Gasteiger partial charge in [-0.3, -0.25) is 14.5 Å². The van der Waals surface area contributed by atoms with Gasteiger partial charge in [0.25, 0.3) is 5.91 Å². The maximum Gasteiger partial charge on any atom is 0.296 e. The van der Waals surface area contributed by atoms with Crippen molar-refractivity contribution in [2.45, 2.75) is 30.0 Å². The Morgan fingerprint density at radius 2 is 1.86 bits per heavy atom. The predicted molar refractivity (Wildman–Crippen MR) is 143 cm³/mol. The average molecular weight is 573 g/mol. The van der Waals surface area contributed by atoms with Gasteiger partial charge in [0, 0.05) is 16.3 Å². The Balaban J connectivity index is 1.53. The minimum Gasteiger partial charge on any atom is -0.503 e. The van der Waals surface area contributed by atoms with E-state index in [4.69, 9.17) is 11.6 Å². The third-order valence-corrected chi connectivity index (χ3v) is 9.22. The number of benzene rings is 2.